The zero-order valence-corrected chi connectivity index (χ0v) is 8.58. The molecule has 1 aromatic rings. The Hall–Kier alpha value is -1.55. The van der Waals surface area contributed by atoms with E-state index in [2.05, 4.69) is 16.6 Å². The van der Waals surface area contributed by atoms with Crippen molar-refractivity contribution >= 4 is 15.9 Å². The van der Waals surface area contributed by atoms with Gasteiger partial charge in [-0.25, -0.2) is 5.14 Å². The lowest BCUT2D eigenvalue weighted by Crippen LogP contribution is -2.21. The molecular weight excluding hydrogens is 216 g/mol. The first-order chi connectivity index (χ1) is 7.01. The molecule has 0 fully saturated rings. The van der Waals surface area contributed by atoms with Gasteiger partial charge in [-0.2, -0.15) is 8.42 Å². The fourth-order valence-corrected chi connectivity index (χ4v) is 1.39. The summed E-state index contributed by atoms with van der Waals surface area (Å²) in [5.74, 6) is 5.15. The van der Waals surface area contributed by atoms with Crippen LogP contribution in [-0.2, 0) is 10.2 Å². The second-order valence-electron chi connectivity index (χ2n) is 2.68. The molecule has 6 heteroatoms. The number of hydrogen-bond acceptors (Lipinski definition) is 3. The van der Waals surface area contributed by atoms with Crippen molar-refractivity contribution in [1.82, 2.24) is 0 Å². The fourth-order valence-electron chi connectivity index (χ4n) is 0.927. The molecule has 80 valence electrons. The van der Waals surface area contributed by atoms with Gasteiger partial charge in [0.15, 0.2) is 0 Å². The van der Waals surface area contributed by atoms with E-state index in [9.17, 15) is 8.42 Å². The maximum Gasteiger partial charge on any atom is 0.296 e. The van der Waals surface area contributed by atoms with Gasteiger partial charge in [-0.15, -0.1) is 0 Å². The van der Waals surface area contributed by atoms with Crippen molar-refractivity contribution in [3.8, 4) is 11.8 Å². The highest BCUT2D eigenvalue weighted by molar-refractivity contribution is 7.90. The van der Waals surface area contributed by atoms with E-state index >= 15 is 0 Å². The molecule has 0 radical (unpaired) electrons. The number of benzene rings is 1. The molecule has 0 aliphatic carbocycles. The molecule has 0 saturated heterocycles. The summed E-state index contributed by atoms with van der Waals surface area (Å²) in [5.41, 5.74) is 1.05. The summed E-state index contributed by atoms with van der Waals surface area (Å²) in [6, 6.07) is 6.31. The molecule has 0 heterocycles. The van der Waals surface area contributed by atoms with Crippen molar-refractivity contribution in [3.05, 3.63) is 29.8 Å². The van der Waals surface area contributed by atoms with Crippen molar-refractivity contribution < 1.29 is 13.5 Å². The maximum absolute atomic E-state index is 10.7. The monoisotopic (exact) mass is 226 g/mol. The Kier molecular flexibility index (Phi) is 3.68. The van der Waals surface area contributed by atoms with Gasteiger partial charge in [-0.3, -0.25) is 4.72 Å². The van der Waals surface area contributed by atoms with E-state index in [4.69, 9.17) is 10.2 Å². The molecular formula is C9H10N2O3S. The molecule has 0 unspecified atom stereocenters. The standard InChI is InChI=1S/C9H10N2O3S/c10-15(13,14)11-9-5-3-8(4-6-9)2-1-7-12/h3-6,11-12H,7H2,(H2,10,13,14). The van der Waals surface area contributed by atoms with Crippen LogP contribution in [0.5, 0.6) is 0 Å². The second kappa shape index (κ2) is 4.79. The Labute approximate surface area is 88.1 Å². The van der Waals surface area contributed by atoms with Gasteiger partial charge in [0.25, 0.3) is 10.2 Å². The summed E-state index contributed by atoms with van der Waals surface area (Å²) in [5, 5.41) is 13.2. The SMILES string of the molecule is NS(=O)(=O)Nc1ccc(C#CCO)cc1. The number of rotatable bonds is 2. The smallest absolute Gasteiger partial charge is 0.296 e. The Balaban J connectivity index is 2.81. The Morgan fingerprint density at radius 1 is 1.33 bits per heavy atom. The molecule has 0 saturated carbocycles. The zero-order valence-electron chi connectivity index (χ0n) is 7.77. The van der Waals surface area contributed by atoms with Crippen LogP contribution in [0.25, 0.3) is 0 Å². The Bertz CT molecular complexity index is 482. The quantitative estimate of drug-likeness (QED) is 0.601. The summed E-state index contributed by atoms with van der Waals surface area (Å²) in [6.07, 6.45) is 0. The molecule has 0 amide bonds. The highest BCUT2D eigenvalue weighted by atomic mass is 32.2. The van der Waals surface area contributed by atoms with Crippen LogP contribution in [-0.4, -0.2) is 20.1 Å². The average molecular weight is 226 g/mol. The molecule has 0 spiro atoms. The van der Waals surface area contributed by atoms with Crippen LogP contribution in [0.1, 0.15) is 5.56 Å². The summed E-state index contributed by atoms with van der Waals surface area (Å²) in [6.45, 7) is -0.211. The van der Waals surface area contributed by atoms with E-state index in [0.29, 0.717) is 11.3 Å². The first-order valence-electron chi connectivity index (χ1n) is 4.01. The van der Waals surface area contributed by atoms with E-state index in [1.165, 1.54) is 12.1 Å². The maximum atomic E-state index is 10.7. The third-order valence-electron chi connectivity index (χ3n) is 1.46. The number of nitrogens with one attached hydrogen (secondary N) is 1. The second-order valence-corrected chi connectivity index (χ2v) is 3.98. The van der Waals surface area contributed by atoms with E-state index in [1.54, 1.807) is 12.1 Å². The number of aliphatic hydroxyl groups is 1. The van der Waals surface area contributed by atoms with Crippen LogP contribution >= 0.6 is 0 Å². The van der Waals surface area contributed by atoms with E-state index < -0.39 is 10.2 Å². The topological polar surface area (TPSA) is 92.4 Å². The number of hydrogen-bond donors (Lipinski definition) is 3. The van der Waals surface area contributed by atoms with Crippen molar-refractivity contribution in [2.24, 2.45) is 5.14 Å². The normalized spacial score (nSPS) is 10.3. The van der Waals surface area contributed by atoms with Crippen molar-refractivity contribution in [3.63, 3.8) is 0 Å². The molecule has 4 N–H and O–H groups in total. The summed E-state index contributed by atoms with van der Waals surface area (Å²) in [7, 11) is -3.73. The Morgan fingerprint density at radius 3 is 2.40 bits per heavy atom. The summed E-state index contributed by atoms with van der Waals surface area (Å²) >= 11 is 0. The molecule has 1 rings (SSSR count). The number of aliphatic hydroxyl groups excluding tert-OH is 1. The van der Waals surface area contributed by atoms with Gasteiger partial charge < -0.3 is 5.11 Å². The van der Waals surface area contributed by atoms with E-state index in [0.717, 1.165) is 0 Å². The van der Waals surface area contributed by atoms with Crippen molar-refractivity contribution in [2.45, 2.75) is 0 Å². The molecule has 15 heavy (non-hydrogen) atoms. The van der Waals surface area contributed by atoms with Crippen LogP contribution in [0, 0.1) is 11.8 Å². The van der Waals surface area contributed by atoms with Crippen LogP contribution in [0.15, 0.2) is 24.3 Å². The molecule has 0 bridgehead atoms. The van der Waals surface area contributed by atoms with Gasteiger partial charge in [0.2, 0.25) is 0 Å². The van der Waals surface area contributed by atoms with Crippen molar-refractivity contribution in [2.75, 3.05) is 11.3 Å². The van der Waals surface area contributed by atoms with Gasteiger partial charge >= 0.3 is 0 Å². The van der Waals surface area contributed by atoms with Crippen LogP contribution in [0.2, 0.25) is 0 Å². The molecule has 0 aromatic heterocycles. The lowest BCUT2D eigenvalue weighted by molar-refractivity contribution is 0.350. The summed E-state index contributed by atoms with van der Waals surface area (Å²) < 4.78 is 23.4. The number of nitrogens with two attached hydrogens (primary N) is 1. The molecule has 0 atom stereocenters. The minimum atomic E-state index is -3.73. The number of anilines is 1. The summed E-state index contributed by atoms with van der Waals surface area (Å²) in [4.78, 5) is 0. The van der Waals surface area contributed by atoms with E-state index in [-0.39, 0.29) is 6.61 Å². The predicted molar refractivity (Wildman–Crippen MR) is 57.1 cm³/mol. The van der Waals surface area contributed by atoms with Crippen molar-refractivity contribution in [1.29, 1.82) is 0 Å². The van der Waals surface area contributed by atoms with Gasteiger partial charge in [-0.1, -0.05) is 11.8 Å². The average Bonchev–Trinajstić information content (AvgIpc) is 2.14. The van der Waals surface area contributed by atoms with E-state index in [1.807, 2.05) is 0 Å². The molecule has 5 nitrogen and oxygen atoms in total. The first kappa shape index (κ1) is 11.5. The lowest BCUT2D eigenvalue weighted by atomic mass is 10.2. The predicted octanol–water partition coefficient (Wildman–Crippen LogP) is -0.354. The minimum Gasteiger partial charge on any atom is -0.384 e. The van der Waals surface area contributed by atoms with Gasteiger partial charge in [0.1, 0.15) is 6.61 Å². The lowest BCUT2D eigenvalue weighted by Gasteiger charge is -2.02. The van der Waals surface area contributed by atoms with Gasteiger partial charge in [0, 0.05) is 11.3 Å². The first-order valence-corrected chi connectivity index (χ1v) is 5.56. The fraction of sp³-hybridized carbons (Fsp3) is 0.111. The third-order valence-corrected chi connectivity index (χ3v) is 1.98. The minimum absolute atomic E-state index is 0.211. The largest absolute Gasteiger partial charge is 0.384 e. The molecule has 1 aromatic carbocycles. The van der Waals surface area contributed by atoms with Gasteiger partial charge in [-0.05, 0) is 24.3 Å². The van der Waals surface area contributed by atoms with Crippen LogP contribution in [0.4, 0.5) is 5.69 Å². The van der Waals surface area contributed by atoms with Gasteiger partial charge in [0.05, 0.1) is 0 Å². The van der Waals surface area contributed by atoms with Crippen LogP contribution in [0.3, 0.4) is 0 Å². The molecule has 0 aliphatic rings. The zero-order chi connectivity index (χ0) is 11.3. The highest BCUT2D eigenvalue weighted by Gasteiger charge is 2.00. The Morgan fingerprint density at radius 2 is 1.93 bits per heavy atom. The van der Waals surface area contributed by atoms with Crippen LogP contribution < -0.4 is 9.86 Å². The third kappa shape index (κ3) is 4.46. The highest BCUT2D eigenvalue weighted by Crippen LogP contribution is 2.09. The molecule has 0 aliphatic heterocycles.